The fourth-order valence-electron chi connectivity index (χ4n) is 3.01. The number of fused-ring (bicyclic) bond motifs is 1. The van der Waals surface area contributed by atoms with Crippen LogP contribution in [0.5, 0.6) is 0 Å². The third-order valence-electron chi connectivity index (χ3n) is 4.43. The molecule has 0 bridgehead atoms. The molecule has 4 nitrogen and oxygen atoms in total. The summed E-state index contributed by atoms with van der Waals surface area (Å²) in [6, 6.07) is 14.4. The topological polar surface area (TPSA) is 28.5 Å². The molecule has 0 atom stereocenters. The molecule has 4 rings (SSSR count). The second kappa shape index (κ2) is 5.83. The lowest BCUT2D eigenvalue weighted by molar-refractivity contribution is 0.0669. The molecule has 118 valence electrons. The predicted octanol–water partition coefficient (Wildman–Crippen LogP) is 3.08. The molecule has 0 spiro atoms. The maximum atomic E-state index is 12.7. The van der Waals surface area contributed by atoms with Crippen molar-refractivity contribution in [2.24, 2.45) is 0 Å². The molecule has 2 aromatic heterocycles. The van der Waals surface area contributed by atoms with Crippen molar-refractivity contribution in [3.8, 4) is 5.00 Å². The molecule has 0 N–H and O–H groups in total. The zero-order valence-electron chi connectivity index (χ0n) is 13.1. The number of hydrogen-bond acceptors (Lipinski definition) is 3. The smallest absolute Gasteiger partial charge is 0.264 e. The third kappa shape index (κ3) is 2.66. The molecule has 5 heteroatoms. The lowest BCUT2D eigenvalue weighted by atomic mass is 10.2. The zero-order chi connectivity index (χ0) is 15.8. The molecule has 3 heterocycles. The molecule has 0 radical (unpaired) electrons. The average molecular weight is 325 g/mol. The van der Waals surface area contributed by atoms with Crippen molar-refractivity contribution in [3.05, 3.63) is 53.5 Å². The van der Waals surface area contributed by atoms with E-state index in [1.807, 2.05) is 29.2 Å². The van der Waals surface area contributed by atoms with Crippen LogP contribution in [-0.2, 0) is 0 Å². The van der Waals surface area contributed by atoms with E-state index in [4.69, 9.17) is 0 Å². The van der Waals surface area contributed by atoms with Gasteiger partial charge in [0.25, 0.3) is 5.91 Å². The normalized spacial score (nSPS) is 16.1. The number of carbonyl (C=O) groups is 1. The summed E-state index contributed by atoms with van der Waals surface area (Å²) in [6.45, 7) is 3.53. The summed E-state index contributed by atoms with van der Waals surface area (Å²) in [5, 5.41) is 2.30. The van der Waals surface area contributed by atoms with Gasteiger partial charge in [-0.25, -0.2) is 0 Å². The molecular weight excluding hydrogens is 306 g/mol. The summed E-state index contributed by atoms with van der Waals surface area (Å²) >= 11 is 1.57. The van der Waals surface area contributed by atoms with Gasteiger partial charge in [0.2, 0.25) is 0 Å². The van der Waals surface area contributed by atoms with Crippen LogP contribution in [0.3, 0.4) is 0 Å². The fraction of sp³-hybridized carbons (Fsp3) is 0.278. The van der Waals surface area contributed by atoms with Crippen molar-refractivity contribution >= 4 is 28.1 Å². The Morgan fingerprint density at radius 2 is 1.78 bits per heavy atom. The van der Waals surface area contributed by atoms with E-state index in [0.717, 1.165) is 36.1 Å². The van der Waals surface area contributed by atoms with E-state index >= 15 is 0 Å². The van der Waals surface area contributed by atoms with Gasteiger partial charge in [-0.3, -0.25) is 4.79 Å². The van der Waals surface area contributed by atoms with E-state index in [2.05, 4.69) is 40.9 Å². The molecule has 3 aromatic rings. The van der Waals surface area contributed by atoms with Crippen LogP contribution in [0.1, 0.15) is 9.67 Å². The van der Waals surface area contributed by atoms with Crippen LogP contribution in [0.2, 0.25) is 0 Å². The highest BCUT2D eigenvalue weighted by Crippen LogP contribution is 2.27. The first kappa shape index (κ1) is 14.5. The second-order valence-electron chi connectivity index (χ2n) is 5.98. The van der Waals surface area contributed by atoms with Gasteiger partial charge in [-0.05, 0) is 36.7 Å². The Morgan fingerprint density at radius 1 is 1.00 bits per heavy atom. The number of thiophene rings is 1. The number of hydrogen-bond donors (Lipinski definition) is 0. The highest BCUT2D eigenvalue weighted by molar-refractivity contribution is 7.16. The number of benzene rings is 1. The molecular formula is C18H19N3OS. The minimum atomic E-state index is 0.158. The lowest BCUT2D eigenvalue weighted by Gasteiger charge is -2.32. The number of amides is 1. The van der Waals surface area contributed by atoms with Crippen LogP contribution in [0.4, 0.5) is 0 Å². The molecule has 1 fully saturated rings. The summed E-state index contributed by atoms with van der Waals surface area (Å²) in [7, 11) is 2.10. The van der Waals surface area contributed by atoms with Crippen LogP contribution in [0.25, 0.3) is 15.9 Å². The van der Waals surface area contributed by atoms with Crippen molar-refractivity contribution in [1.82, 2.24) is 14.4 Å². The van der Waals surface area contributed by atoms with E-state index in [0.29, 0.717) is 0 Å². The minimum Gasteiger partial charge on any atom is -0.335 e. The monoisotopic (exact) mass is 325 g/mol. The molecule has 1 saturated heterocycles. The standard InChI is InChI=1S/C18H19N3OS/c1-19-10-12-20(13-11-19)18(22)16-6-7-17(23-16)21-9-8-14-4-2-3-5-15(14)21/h2-9H,10-13H2,1H3. The SMILES string of the molecule is CN1CCN(C(=O)c2ccc(-n3ccc4ccccc43)s2)CC1. The summed E-state index contributed by atoms with van der Waals surface area (Å²) in [5.74, 6) is 0.158. The Labute approximate surface area is 139 Å². The van der Waals surface area contributed by atoms with Crippen LogP contribution >= 0.6 is 11.3 Å². The van der Waals surface area contributed by atoms with E-state index in [1.165, 1.54) is 10.9 Å². The van der Waals surface area contributed by atoms with E-state index < -0.39 is 0 Å². The highest BCUT2D eigenvalue weighted by atomic mass is 32.1. The van der Waals surface area contributed by atoms with E-state index in [-0.39, 0.29) is 5.91 Å². The summed E-state index contributed by atoms with van der Waals surface area (Å²) < 4.78 is 2.15. The van der Waals surface area contributed by atoms with Gasteiger partial charge in [0, 0.05) is 32.4 Å². The van der Waals surface area contributed by atoms with E-state index in [1.54, 1.807) is 11.3 Å². The Morgan fingerprint density at radius 3 is 2.61 bits per heavy atom. The van der Waals surface area contributed by atoms with Crippen LogP contribution in [0, 0.1) is 0 Å². The average Bonchev–Trinajstić information content (AvgIpc) is 3.21. The quantitative estimate of drug-likeness (QED) is 0.724. The van der Waals surface area contributed by atoms with Gasteiger partial charge in [-0.2, -0.15) is 0 Å². The van der Waals surface area contributed by atoms with Gasteiger partial charge in [-0.1, -0.05) is 18.2 Å². The summed E-state index contributed by atoms with van der Waals surface area (Å²) in [6.07, 6.45) is 2.07. The van der Waals surface area contributed by atoms with Gasteiger partial charge >= 0.3 is 0 Å². The number of rotatable bonds is 2. The van der Waals surface area contributed by atoms with Gasteiger partial charge in [0.15, 0.2) is 0 Å². The predicted molar refractivity (Wildman–Crippen MR) is 94.6 cm³/mol. The number of likely N-dealkylation sites (N-methyl/N-ethyl adjacent to an activating group) is 1. The van der Waals surface area contributed by atoms with Gasteiger partial charge in [0.05, 0.1) is 10.4 Å². The van der Waals surface area contributed by atoms with Crippen molar-refractivity contribution < 1.29 is 4.79 Å². The number of piperazine rings is 1. The Balaban J connectivity index is 1.60. The van der Waals surface area contributed by atoms with Crippen molar-refractivity contribution in [2.75, 3.05) is 33.2 Å². The second-order valence-corrected chi connectivity index (χ2v) is 7.04. The Hall–Kier alpha value is -2.11. The maximum absolute atomic E-state index is 12.7. The molecule has 23 heavy (non-hydrogen) atoms. The van der Waals surface area contributed by atoms with Crippen molar-refractivity contribution in [2.45, 2.75) is 0 Å². The molecule has 1 amide bonds. The van der Waals surface area contributed by atoms with E-state index in [9.17, 15) is 4.79 Å². The molecule has 1 aliphatic rings. The minimum absolute atomic E-state index is 0.158. The number of nitrogens with zero attached hydrogens (tertiary/aromatic N) is 3. The maximum Gasteiger partial charge on any atom is 0.264 e. The zero-order valence-corrected chi connectivity index (χ0v) is 13.9. The molecule has 1 aromatic carbocycles. The number of carbonyl (C=O) groups excluding carboxylic acids is 1. The van der Waals surface area contributed by atoms with Crippen molar-refractivity contribution in [3.63, 3.8) is 0 Å². The van der Waals surface area contributed by atoms with Crippen LogP contribution < -0.4 is 0 Å². The van der Waals surface area contributed by atoms with Crippen molar-refractivity contribution in [1.29, 1.82) is 0 Å². The molecule has 0 saturated carbocycles. The molecule has 1 aliphatic heterocycles. The Kier molecular flexibility index (Phi) is 3.67. The summed E-state index contributed by atoms with van der Waals surface area (Å²) in [4.78, 5) is 17.7. The number of aromatic nitrogens is 1. The first-order valence-corrected chi connectivity index (χ1v) is 8.68. The van der Waals surface area contributed by atoms with Gasteiger partial charge in [-0.15, -0.1) is 11.3 Å². The first-order chi connectivity index (χ1) is 11.2. The number of para-hydroxylation sites is 1. The summed E-state index contributed by atoms with van der Waals surface area (Å²) in [5.41, 5.74) is 1.17. The first-order valence-electron chi connectivity index (χ1n) is 7.86. The molecule has 0 unspecified atom stereocenters. The fourth-order valence-corrected chi connectivity index (χ4v) is 3.98. The highest BCUT2D eigenvalue weighted by Gasteiger charge is 2.21. The van der Waals surface area contributed by atoms with Gasteiger partial charge < -0.3 is 14.4 Å². The van der Waals surface area contributed by atoms with Crippen LogP contribution in [-0.4, -0.2) is 53.5 Å². The largest absolute Gasteiger partial charge is 0.335 e. The molecule has 0 aliphatic carbocycles. The van der Waals surface area contributed by atoms with Crippen LogP contribution in [0.15, 0.2) is 48.7 Å². The Bertz CT molecular complexity index is 843. The third-order valence-corrected chi connectivity index (χ3v) is 5.50. The lowest BCUT2D eigenvalue weighted by Crippen LogP contribution is -2.46. The van der Waals surface area contributed by atoms with Gasteiger partial charge in [0.1, 0.15) is 5.00 Å².